The molecule has 2 rings (SSSR count). The molecule has 1 aromatic heterocycles. The highest BCUT2D eigenvalue weighted by molar-refractivity contribution is 9.09. The number of halogens is 1. The van der Waals surface area contributed by atoms with Crippen LogP contribution in [0.5, 0.6) is 0 Å². The summed E-state index contributed by atoms with van der Waals surface area (Å²) in [4.78, 5) is 25.7. The van der Waals surface area contributed by atoms with Gasteiger partial charge in [0.2, 0.25) is 5.56 Å². The highest BCUT2D eigenvalue weighted by Crippen LogP contribution is 2.25. The molecule has 1 heterocycles. The quantitative estimate of drug-likeness (QED) is 0.807. The van der Waals surface area contributed by atoms with Crippen molar-refractivity contribution in [3.63, 3.8) is 0 Å². The minimum atomic E-state index is -0.255. The molecule has 86 valence electrons. The Morgan fingerprint density at radius 2 is 2.25 bits per heavy atom. The van der Waals surface area contributed by atoms with E-state index in [2.05, 4.69) is 26.2 Å². The maximum atomic E-state index is 11.8. The number of amides is 1. The number of rotatable bonds is 2. The SMILES string of the molecule is O=C(NC1CCCC1Br)c1cccc(=O)[nH]1. The third-order valence-electron chi connectivity index (χ3n) is 2.76. The van der Waals surface area contributed by atoms with Gasteiger partial charge in [0.15, 0.2) is 0 Å². The molecule has 5 heteroatoms. The molecule has 16 heavy (non-hydrogen) atoms. The molecule has 2 unspecified atom stereocenters. The summed E-state index contributed by atoms with van der Waals surface area (Å²) in [5.41, 5.74) is 0.0635. The zero-order valence-electron chi connectivity index (χ0n) is 8.70. The smallest absolute Gasteiger partial charge is 0.268 e. The van der Waals surface area contributed by atoms with Gasteiger partial charge < -0.3 is 10.3 Å². The number of pyridine rings is 1. The van der Waals surface area contributed by atoms with E-state index in [0.29, 0.717) is 10.5 Å². The van der Waals surface area contributed by atoms with Gasteiger partial charge in [0.25, 0.3) is 5.91 Å². The third kappa shape index (κ3) is 2.52. The highest BCUT2D eigenvalue weighted by atomic mass is 79.9. The minimum absolute atomic E-state index is 0.163. The van der Waals surface area contributed by atoms with E-state index in [4.69, 9.17) is 0 Å². The maximum Gasteiger partial charge on any atom is 0.268 e. The van der Waals surface area contributed by atoms with Crippen LogP contribution in [0.3, 0.4) is 0 Å². The standard InChI is InChI=1S/C11H13BrN2O2/c12-7-3-1-4-8(7)14-11(16)9-5-2-6-10(15)13-9/h2,5-8H,1,3-4H2,(H,13,15)(H,14,16). The van der Waals surface area contributed by atoms with E-state index >= 15 is 0 Å². The predicted octanol–water partition coefficient (Wildman–Crippen LogP) is 1.42. The summed E-state index contributed by atoms with van der Waals surface area (Å²) in [7, 11) is 0. The van der Waals surface area contributed by atoms with E-state index < -0.39 is 0 Å². The van der Waals surface area contributed by atoms with Crippen molar-refractivity contribution in [2.75, 3.05) is 0 Å². The summed E-state index contributed by atoms with van der Waals surface area (Å²) in [5, 5.41) is 2.92. The molecule has 1 aliphatic carbocycles. The Kier molecular flexibility index (Phi) is 3.43. The van der Waals surface area contributed by atoms with Crippen LogP contribution in [0.1, 0.15) is 29.8 Å². The molecule has 1 fully saturated rings. The number of aromatic nitrogens is 1. The molecule has 0 aliphatic heterocycles. The second-order valence-corrected chi connectivity index (χ2v) is 5.13. The Balaban J connectivity index is 2.05. The van der Waals surface area contributed by atoms with Gasteiger partial charge in [-0.1, -0.05) is 28.4 Å². The molecule has 2 atom stereocenters. The van der Waals surface area contributed by atoms with Crippen LogP contribution in [0.25, 0.3) is 0 Å². The van der Waals surface area contributed by atoms with Gasteiger partial charge in [-0.3, -0.25) is 9.59 Å². The summed E-state index contributed by atoms with van der Waals surface area (Å²) in [6, 6.07) is 4.74. The van der Waals surface area contributed by atoms with Crippen molar-refractivity contribution in [1.82, 2.24) is 10.3 Å². The van der Waals surface area contributed by atoms with E-state index in [1.54, 1.807) is 12.1 Å². The van der Waals surface area contributed by atoms with Gasteiger partial charge in [-0.25, -0.2) is 0 Å². The molecule has 1 aromatic rings. The van der Waals surface area contributed by atoms with Crippen molar-refractivity contribution in [2.45, 2.75) is 30.1 Å². The molecular formula is C11H13BrN2O2. The molecule has 0 saturated heterocycles. The Morgan fingerprint density at radius 3 is 2.88 bits per heavy atom. The summed E-state index contributed by atoms with van der Waals surface area (Å²) < 4.78 is 0. The van der Waals surface area contributed by atoms with Crippen LogP contribution in [-0.2, 0) is 0 Å². The number of H-pyrrole nitrogens is 1. The second kappa shape index (κ2) is 4.82. The fourth-order valence-corrected chi connectivity index (χ4v) is 2.62. The average Bonchev–Trinajstić information content (AvgIpc) is 2.64. The summed E-state index contributed by atoms with van der Waals surface area (Å²) >= 11 is 3.53. The minimum Gasteiger partial charge on any atom is -0.347 e. The van der Waals surface area contributed by atoms with Gasteiger partial charge in [-0.15, -0.1) is 0 Å². The molecule has 1 saturated carbocycles. The van der Waals surface area contributed by atoms with Crippen LogP contribution in [0.2, 0.25) is 0 Å². The number of carbonyl (C=O) groups excluding carboxylic acids is 1. The van der Waals surface area contributed by atoms with Crippen molar-refractivity contribution in [3.8, 4) is 0 Å². The van der Waals surface area contributed by atoms with Crippen LogP contribution >= 0.6 is 15.9 Å². The van der Waals surface area contributed by atoms with Gasteiger partial charge in [-0.05, 0) is 18.9 Å². The van der Waals surface area contributed by atoms with Gasteiger partial charge in [0, 0.05) is 16.9 Å². The Morgan fingerprint density at radius 1 is 1.44 bits per heavy atom. The molecule has 0 bridgehead atoms. The normalized spacial score (nSPS) is 24.3. The lowest BCUT2D eigenvalue weighted by Gasteiger charge is -2.15. The molecule has 2 N–H and O–H groups in total. The Labute approximate surface area is 102 Å². The van der Waals surface area contributed by atoms with E-state index in [1.807, 2.05) is 0 Å². The van der Waals surface area contributed by atoms with E-state index in [0.717, 1.165) is 19.3 Å². The van der Waals surface area contributed by atoms with Crippen LogP contribution in [0.4, 0.5) is 0 Å². The third-order valence-corrected chi connectivity index (χ3v) is 3.86. The number of alkyl halides is 1. The van der Waals surface area contributed by atoms with E-state index in [9.17, 15) is 9.59 Å². The zero-order chi connectivity index (χ0) is 11.5. The largest absolute Gasteiger partial charge is 0.347 e. The molecule has 1 aliphatic rings. The first-order chi connectivity index (χ1) is 7.66. The lowest BCUT2D eigenvalue weighted by atomic mass is 10.2. The summed E-state index contributed by atoms with van der Waals surface area (Å²) in [6.07, 6.45) is 3.18. The highest BCUT2D eigenvalue weighted by Gasteiger charge is 2.26. The Hall–Kier alpha value is -1.10. The number of hydrogen-bond donors (Lipinski definition) is 2. The van der Waals surface area contributed by atoms with Crippen LogP contribution < -0.4 is 10.9 Å². The van der Waals surface area contributed by atoms with Crippen LogP contribution in [0.15, 0.2) is 23.0 Å². The number of aromatic amines is 1. The van der Waals surface area contributed by atoms with E-state index in [1.165, 1.54) is 6.07 Å². The van der Waals surface area contributed by atoms with Gasteiger partial charge in [0.1, 0.15) is 5.69 Å². The molecule has 0 radical (unpaired) electrons. The second-order valence-electron chi connectivity index (χ2n) is 3.96. The predicted molar refractivity (Wildman–Crippen MR) is 64.9 cm³/mol. The molecular weight excluding hydrogens is 272 g/mol. The molecule has 0 aromatic carbocycles. The lowest BCUT2D eigenvalue weighted by Crippen LogP contribution is -2.38. The fourth-order valence-electron chi connectivity index (χ4n) is 1.90. The van der Waals surface area contributed by atoms with Gasteiger partial charge in [0.05, 0.1) is 0 Å². The topological polar surface area (TPSA) is 62.0 Å². The zero-order valence-corrected chi connectivity index (χ0v) is 10.3. The summed E-state index contributed by atoms with van der Waals surface area (Å²) in [6.45, 7) is 0. The van der Waals surface area contributed by atoms with Crippen LogP contribution in [0, 0.1) is 0 Å². The first-order valence-corrected chi connectivity index (χ1v) is 6.22. The van der Waals surface area contributed by atoms with Crippen molar-refractivity contribution in [2.24, 2.45) is 0 Å². The first kappa shape index (κ1) is 11.4. The molecule has 0 spiro atoms. The van der Waals surface area contributed by atoms with Gasteiger partial charge in [-0.2, -0.15) is 0 Å². The van der Waals surface area contributed by atoms with Crippen molar-refractivity contribution < 1.29 is 4.79 Å². The molecule has 1 amide bonds. The monoisotopic (exact) mass is 284 g/mol. The van der Waals surface area contributed by atoms with Crippen LogP contribution in [-0.4, -0.2) is 21.8 Å². The van der Waals surface area contributed by atoms with Crippen molar-refractivity contribution in [3.05, 3.63) is 34.2 Å². The van der Waals surface area contributed by atoms with Crippen molar-refractivity contribution in [1.29, 1.82) is 0 Å². The van der Waals surface area contributed by atoms with Crippen molar-refractivity contribution >= 4 is 21.8 Å². The number of carbonyl (C=O) groups is 1. The first-order valence-electron chi connectivity index (χ1n) is 5.31. The maximum absolute atomic E-state index is 11.8. The fraction of sp³-hybridized carbons (Fsp3) is 0.455. The lowest BCUT2D eigenvalue weighted by molar-refractivity contribution is 0.0933. The number of nitrogens with one attached hydrogen (secondary N) is 2. The average molecular weight is 285 g/mol. The van der Waals surface area contributed by atoms with E-state index in [-0.39, 0.29) is 17.5 Å². The summed E-state index contributed by atoms with van der Waals surface area (Å²) in [5.74, 6) is -0.214. The number of hydrogen-bond acceptors (Lipinski definition) is 2. The molecule has 4 nitrogen and oxygen atoms in total. The van der Waals surface area contributed by atoms with Gasteiger partial charge >= 0.3 is 0 Å². The Bertz CT molecular complexity index is 444.